The average Bonchev–Trinajstić information content (AvgIpc) is 3.26. The topological polar surface area (TPSA) is 56.7 Å². The number of carbonyl (C=O) groups excluding carboxylic acids is 1. The Morgan fingerprint density at radius 1 is 1.06 bits per heavy atom. The number of amides is 1. The van der Waals surface area contributed by atoms with Crippen molar-refractivity contribution in [2.24, 2.45) is 4.99 Å². The van der Waals surface area contributed by atoms with E-state index in [1.54, 1.807) is 19.0 Å². The zero-order valence-corrected chi connectivity index (χ0v) is 22.1. The summed E-state index contributed by atoms with van der Waals surface area (Å²) in [5, 5.41) is 7.02. The number of hydrogen-bond donors (Lipinski definition) is 2. The summed E-state index contributed by atoms with van der Waals surface area (Å²) in [5.74, 6) is 0.866. The molecule has 0 aromatic heterocycles. The minimum absolute atomic E-state index is 0. The summed E-state index contributed by atoms with van der Waals surface area (Å²) in [6.07, 6.45) is 5.83. The lowest BCUT2D eigenvalue weighted by molar-refractivity contribution is 0.0827. The van der Waals surface area contributed by atoms with Gasteiger partial charge in [-0.25, -0.2) is 0 Å². The highest BCUT2D eigenvalue weighted by Crippen LogP contribution is 2.40. The highest BCUT2D eigenvalue weighted by Gasteiger charge is 2.35. The van der Waals surface area contributed by atoms with Crippen molar-refractivity contribution in [2.45, 2.75) is 44.4 Å². The van der Waals surface area contributed by atoms with Crippen LogP contribution in [0.3, 0.4) is 0 Å². The van der Waals surface area contributed by atoms with Gasteiger partial charge in [-0.2, -0.15) is 0 Å². The Morgan fingerprint density at radius 3 is 2.44 bits per heavy atom. The number of rotatable bonds is 7. The van der Waals surface area contributed by atoms with Gasteiger partial charge in [0.25, 0.3) is 5.91 Å². The second-order valence-electron chi connectivity index (χ2n) is 8.86. The fourth-order valence-electron chi connectivity index (χ4n) is 4.51. The number of guanidine groups is 1. The third-order valence-electron chi connectivity index (χ3n) is 6.30. The Hall–Kier alpha value is -2.09. The van der Waals surface area contributed by atoms with Gasteiger partial charge in [-0.3, -0.25) is 9.79 Å². The lowest BCUT2D eigenvalue weighted by Crippen LogP contribution is -2.45. The van der Waals surface area contributed by atoms with Crippen LogP contribution in [-0.4, -0.2) is 51.0 Å². The van der Waals surface area contributed by atoms with E-state index in [0.29, 0.717) is 0 Å². The Morgan fingerprint density at radius 2 is 1.78 bits per heavy atom. The molecule has 0 unspecified atom stereocenters. The fourth-order valence-corrected chi connectivity index (χ4v) is 4.51. The van der Waals surface area contributed by atoms with Crippen molar-refractivity contribution in [1.82, 2.24) is 15.5 Å². The van der Waals surface area contributed by atoms with Crippen molar-refractivity contribution in [1.29, 1.82) is 0 Å². The van der Waals surface area contributed by atoms with E-state index in [0.717, 1.165) is 36.6 Å². The Balaban J connectivity index is 0.00000363. The summed E-state index contributed by atoms with van der Waals surface area (Å²) in [4.78, 5) is 18.2. The molecule has 0 bridgehead atoms. The smallest absolute Gasteiger partial charge is 0.253 e. The molecule has 3 rings (SSSR count). The third kappa shape index (κ3) is 6.70. The third-order valence-corrected chi connectivity index (χ3v) is 6.30. The molecule has 1 aliphatic rings. The van der Waals surface area contributed by atoms with Crippen LogP contribution in [0.5, 0.6) is 0 Å². The fraction of sp³-hybridized carbons (Fsp3) is 0.462. The standard InChI is InChI=1S/C26H36N4O.HI/c1-20-9-7-12-23(17-20)26(14-5-6-15-26)19-29-25(27-2)28-16-13-21-10-8-11-22(18-21)24(31)30(3)4;/h7-12,17-18H,5-6,13-16,19H2,1-4H3,(H2,27,28,29);1H. The van der Waals surface area contributed by atoms with Crippen LogP contribution in [0.2, 0.25) is 0 Å². The van der Waals surface area contributed by atoms with Crippen molar-refractivity contribution in [3.05, 3.63) is 70.8 Å². The molecule has 2 aromatic rings. The Labute approximate surface area is 210 Å². The van der Waals surface area contributed by atoms with Gasteiger partial charge >= 0.3 is 0 Å². The minimum atomic E-state index is 0. The van der Waals surface area contributed by atoms with Crippen LogP contribution in [0.4, 0.5) is 0 Å². The van der Waals surface area contributed by atoms with Crippen molar-refractivity contribution in [2.75, 3.05) is 34.2 Å². The van der Waals surface area contributed by atoms with Crippen molar-refractivity contribution < 1.29 is 4.79 Å². The van der Waals surface area contributed by atoms with Crippen molar-refractivity contribution in [3.8, 4) is 0 Å². The van der Waals surface area contributed by atoms with Gasteiger partial charge < -0.3 is 15.5 Å². The molecular formula is C26H37IN4O. The maximum atomic E-state index is 12.2. The van der Waals surface area contributed by atoms with Gasteiger partial charge in [0.2, 0.25) is 0 Å². The maximum absolute atomic E-state index is 12.2. The molecule has 0 aliphatic heterocycles. The van der Waals surface area contributed by atoms with Gasteiger partial charge in [-0.05, 0) is 49.4 Å². The van der Waals surface area contributed by atoms with Gasteiger partial charge in [-0.15, -0.1) is 24.0 Å². The lowest BCUT2D eigenvalue weighted by atomic mass is 9.78. The zero-order chi connectivity index (χ0) is 22.3. The van der Waals surface area contributed by atoms with E-state index >= 15 is 0 Å². The van der Waals surface area contributed by atoms with Gasteiger partial charge in [0.1, 0.15) is 0 Å². The number of aliphatic imine (C=N–C) groups is 1. The van der Waals surface area contributed by atoms with Gasteiger partial charge in [0.05, 0.1) is 0 Å². The second kappa shape index (κ2) is 12.2. The summed E-state index contributed by atoms with van der Waals surface area (Å²) in [6, 6.07) is 16.8. The molecular weight excluding hydrogens is 511 g/mol. The van der Waals surface area contributed by atoms with Crippen LogP contribution < -0.4 is 10.6 Å². The normalized spacial score (nSPS) is 15.1. The summed E-state index contributed by atoms with van der Waals surface area (Å²) in [5.41, 5.74) is 4.82. The largest absolute Gasteiger partial charge is 0.356 e. The number of nitrogens with one attached hydrogen (secondary N) is 2. The highest BCUT2D eigenvalue weighted by molar-refractivity contribution is 14.0. The second-order valence-corrected chi connectivity index (χ2v) is 8.86. The van der Waals surface area contributed by atoms with Crippen LogP contribution in [0.25, 0.3) is 0 Å². The molecule has 1 amide bonds. The first-order valence-corrected chi connectivity index (χ1v) is 11.3. The van der Waals surface area contributed by atoms with Crippen LogP contribution in [-0.2, 0) is 11.8 Å². The average molecular weight is 549 g/mol. The van der Waals surface area contributed by atoms with E-state index in [2.05, 4.69) is 52.9 Å². The first-order chi connectivity index (χ1) is 14.9. The van der Waals surface area contributed by atoms with Gasteiger partial charge in [0.15, 0.2) is 5.96 Å². The number of carbonyl (C=O) groups is 1. The predicted molar refractivity (Wildman–Crippen MR) is 144 cm³/mol. The van der Waals surface area contributed by atoms with Crippen LogP contribution >= 0.6 is 24.0 Å². The monoisotopic (exact) mass is 548 g/mol. The van der Waals surface area contributed by atoms with Crippen LogP contribution in [0.15, 0.2) is 53.5 Å². The molecule has 6 heteroatoms. The first-order valence-electron chi connectivity index (χ1n) is 11.3. The molecule has 2 aromatic carbocycles. The minimum Gasteiger partial charge on any atom is -0.356 e. The van der Waals surface area contributed by atoms with E-state index in [-0.39, 0.29) is 35.3 Å². The SMILES string of the molecule is CN=C(NCCc1cccc(C(=O)N(C)C)c1)NCC1(c2cccc(C)c2)CCCC1.I. The van der Waals surface area contributed by atoms with E-state index in [9.17, 15) is 4.79 Å². The van der Waals surface area contributed by atoms with Gasteiger partial charge in [0, 0.05) is 45.2 Å². The molecule has 0 atom stereocenters. The summed E-state index contributed by atoms with van der Waals surface area (Å²) in [6.45, 7) is 3.82. The van der Waals surface area contributed by atoms with Crippen molar-refractivity contribution >= 4 is 35.8 Å². The molecule has 0 saturated heterocycles. The number of nitrogens with zero attached hydrogens (tertiary/aromatic N) is 2. The molecule has 1 fully saturated rings. The number of hydrogen-bond acceptors (Lipinski definition) is 2. The van der Waals surface area contributed by atoms with E-state index in [1.165, 1.54) is 36.8 Å². The van der Waals surface area contributed by atoms with Crippen LogP contribution in [0.1, 0.15) is 52.7 Å². The molecule has 174 valence electrons. The predicted octanol–water partition coefficient (Wildman–Crippen LogP) is 4.53. The zero-order valence-electron chi connectivity index (χ0n) is 19.8. The number of aryl methyl sites for hydroxylation is 1. The summed E-state index contributed by atoms with van der Waals surface area (Å²) < 4.78 is 0. The van der Waals surface area contributed by atoms with E-state index in [1.807, 2.05) is 25.2 Å². The molecule has 0 radical (unpaired) electrons. The molecule has 2 N–H and O–H groups in total. The summed E-state index contributed by atoms with van der Waals surface area (Å²) >= 11 is 0. The van der Waals surface area contributed by atoms with Crippen molar-refractivity contribution in [3.63, 3.8) is 0 Å². The number of halogens is 1. The van der Waals surface area contributed by atoms with Gasteiger partial charge in [-0.1, -0.05) is 54.8 Å². The molecule has 1 saturated carbocycles. The summed E-state index contributed by atoms with van der Waals surface area (Å²) in [7, 11) is 5.37. The van der Waals surface area contributed by atoms with E-state index in [4.69, 9.17) is 0 Å². The molecule has 0 heterocycles. The Kier molecular flexibility index (Phi) is 10.0. The van der Waals surface area contributed by atoms with E-state index < -0.39 is 0 Å². The Bertz CT molecular complexity index is 920. The number of benzene rings is 2. The lowest BCUT2D eigenvalue weighted by Gasteiger charge is -2.31. The first kappa shape index (κ1) is 26.2. The molecule has 0 spiro atoms. The molecule has 5 nitrogen and oxygen atoms in total. The van der Waals surface area contributed by atoms with Crippen LogP contribution in [0, 0.1) is 6.92 Å². The molecule has 32 heavy (non-hydrogen) atoms. The maximum Gasteiger partial charge on any atom is 0.253 e. The molecule has 1 aliphatic carbocycles. The highest BCUT2D eigenvalue weighted by atomic mass is 127. The quantitative estimate of drug-likeness (QED) is 0.304.